The summed E-state index contributed by atoms with van der Waals surface area (Å²) in [4.78, 5) is 8.81. The van der Waals surface area contributed by atoms with Gasteiger partial charge in [-0.15, -0.1) is 11.3 Å². The summed E-state index contributed by atoms with van der Waals surface area (Å²) in [7, 11) is 0. The van der Waals surface area contributed by atoms with Gasteiger partial charge in [0.2, 0.25) is 5.95 Å². The van der Waals surface area contributed by atoms with Crippen molar-refractivity contribution in [2.75, 3.05) is 11.9 Å². The second kappa shape index (κ2) is 6.02. The van der Waals surface area contributed by atoms with Crippen molar-refractivity contribution in [1.82, 2.24) is 9.97 Å². The van der Waals surface area contributed by atoms with Gasteiger partial charge in [0.05, 0.1) is 4.21 Å². The zero-order chi connectivity index (χ0) is 12.1. The van der Waals surface area contributed by atoms with E-state index in [1.807, 2.05) is 13.1 Å². The van der Waals surface area contributed by atoms with Gasteiger partial charge in [-0.05, 0) is 24.8 Å². The molecule has 2 heterocycles. The molecule has 0 radical (unpaired) electrons. The first-order chi connectivity index (χ1) is 8.29. The number of nitrogens with zero attached hydrogens (tertiary/aromatic N) is 2. The second-order valence-electron chi connectivity index (χ2n) is 3.64. The van der Waals surface area contributed by atoms with Crippen LogP contribution >= 0.6 is 23.1 Å². The molecule has 0 saturated heterocycles. The minimum atomic E-state index is 0.719. The third kappa shape index (κ3) is 3.44. The molecule has 0 saturated carbocycles. The maximum absolute atomic E-state index is 4.53. The number of aryl methyl sites for hydroxylation is 1. The highest BCUT2D eigenvalue weighted by molar-refractivity contribution is 8.01. The Balaban J connectivity index is 2.14. The Labute approximate surface area is 110 Å². The molecule has 5 heteroatoms. The van der Waals surface area contributed by atoms with E-state index in [0.29, 0.717) is 0 Å². The molecule has 1 N–H and O–H groups in total. The first kappa shape index (κ1) is 12.4. The summed E-state index contributed by atoms with van der Waals surface area (Å²) in [5.74, 6) is 0.719. The van der Waals surface area contributed by atoms with Crippen LogP contribution in [0.3, 0.4) is 0 Å². The van der Waals surface area contributed by atoms with Gasteiger partial charge < -0.3 is 5.32 Å². The summed E-state index contributed by atoms with van der Waals surface area (Å²) < 4.78 is 1.26. The lowest BCUT2D eigenvalue weighted by atomic mass is 10.4. The molecular weight excluding hydrogens is 250 g/mol. The first-order valence-electron chi connectivity index (χ1n) is 5.58. The van der Waals surface area contributed by atoms with Gasteiger partial charge in [0.25, 0.3) is 0 Å². The minimum absolute atomic E-state index is 0.719. The molecular formula is C12H15N3S2. The fourth-order valence-corrected chi connectivity index (χ4v) is 3.00. The highest BCUT2D eigenvalue weighted by Gasteiger charge is 2.06. The van der Waals surface area contributed by atoms with Gasteiger partial charge in [-0.1, -0.05) is 24.8 Å². The number of rotatable bonds is 5. The highest BCUT2D eigenvalue weighted by atomic mass is 32.2. The quantitative estimate of drug-likeness (QED) is 0.834. The summed E-state index contributed by atoms with van der Waals surface area (Å²) in [5, 5.41) is 6.32. The van der Waals surface area contributed by atoms with Gasteiger partial charge in [0.1, 0.15) is 5.03 Å². The molecule has 17 heavy (non-hydrogen) atoms. The van der Waals surface area contributed by atoms with E-state index in [0.717, 1.165) is 29.5 Å². The van der Waals surface area contributed by atoms with Crippen molar-refractivity contribution in [3.05, 3.63) is 29.3 Å². The summed E-state index contributed by atoms with van der Waals surface area (Å²) in [5.41, 5.74) is 1.12. The number of hydrogen-bond acceptors (Lipinski definition) is 5. The van der Waals surface area contributed by atoms with Gasteiger partial charge in [-0.25, -0.2) is 9.97 Å². The average Bonchev–Trinajstić information content (AvgIpc) is 2.83. The van der Waals surface area contributed by atoms with Crippen molar-refractivity contribution < 1.29 is 0 Å². The van der Waals surface area contributed by atoms with E-state index in [1.165, 1.54) is 4.21 Å². The Hall–Kier alpha value is -1.07. The molecule has 0 atom stereocenters. The Kier molecular flexibility index (Phi) is 4.39. The van der Waals surface area contributed by atoms with Crippen molar-refractivity contribution in [3.8, 4) is 0 Å². The van der Waals surface area contributed by atoms with Gasteiger partial charge in [-0.2, -0.15) is 0 Å². The molecule has 90 valence electrons. The Morgan fingerprint density at radius 3 is 3.06 bits per heavy atom. The molecule has 0 fully saturated rings. The number of hydrogen-bond donors (Lipinski definition) is 1. The highest BCUT2D eigenvalue weighted by Crippen LogP contribution is 2.32. The van der Waals surface area contributed by atoms with E-state index >= 15 is 0 Å². The molecule has 0 bridgehead atoms. The SMILES string of the molecule is CCCNc1ncc(C)c(Sc2cccs2)n1. The monoisotopic (exact) mass is 265 g/mol. The van der Waals surface area contributed by atoms with Gasteiger partial charge in [0.15, 0.2) is 0 Å². The van der Waals surface area contributed by atoms with Crippen LogP contribution in [-0.4, -0.2) is 16.5 Å². The third-order valence-electron chi connectivity index (χ3n) is 2.15. The minimum Gasteiger partial charge on any atom is -0.354 e. The van der Waals surface area contributed by atoms with Crippen LogP contribution in [-0.2, 0) is 0 Å². The van der Waals surface area contributed by atoms with E-state index in [2.05, 4.69) is 39.7 Å². The number of nitrogens with one attached hydrogen (secondary N) is 1. The fraction of sp³-hybridized carbons (Fsp3) is 0.333. The lowest BCUT2D eigenvalue weighted by molar-refractivity contribution is 0.925. The predicted octanol–water partition coefficient (Wildman–Crippen LogP) is 3.82. The van der Waals surface area contributed by atoms with Crippen LogP contribution in [0.2, 0.25) is 0 Å². The van der Waals surface area contributed by atoms with Crippen LogP contribution < -0.4 is 5.32 Å². The molecule has 0 aliphatic carbocycles. The summed E-state index contributed by atoms with van der Waals surface area (Å²) in [6.45, 7) is 5.08. The average molecular weight is 265 g/mol. The molecule has 2 aromatic heterocycles. The summed E-state index contributed by atoms with van der Waals surface area (Å²) in [6.07, 6.45) is 2.95. The number of anilines is 1. The maximum Gasteiger partial charge on any atom is 0.223 e. The standard InChI is InChI=1S/C12H15N3S2/c1-3-6-13-12-14-8-9(2)11(15-12)17-10-5-4-7-16-10/h4-5,7-8H,3,6H2,1-2H3,(H,13,14,15). The van der Waals surface area contributed by atoms with Crippen LogP contribution in [0, 0.1) is 6.92 Å². The number of thiophene rings is 1. The zero-order valence-corrected chi connectivity index (χ0v) is 11.6. The van der Waals surface area contributed by atoms with Gasteiger partial charge in [0, 0.05) is 18.3 Å². The van der Waals surface area contributed by atoms with Crippen LogP contribution in [0.15, 0.2) is 32.9 Å². The molecule has 0 aliphatic rings. The van der Waals surface area contributed by atoms with Crippen molar-refractivity contribution in [1.29, 1.82) is 0 Å². The Morgan fingerprint density at radius 2 is 2.35 bits per heavy atom. The molecule has 0 amide bonds. The van der Waals surface area contributed by atoms with Gasteiger partial charge >= 0.3 is 0 Å². The predicted molar refractivity (Wildman–Crippen MR) is 74.0 cm³/mol. The Morgan fingerprint density at radius 1 is 1.47 bits per heavy atom. The lowest BCUT2D eigenvalue weighted by Crippen LogP contribution is -2.05. The molecule has 2 aromatic rings. The Bertz CT molecular complexity index is 469. The summed E-state index contributed by atoms with van der Waals surface area (Å²) in [6, 6.07) is 4.16. The molecule has 0 aromatic carbocycles. The van der Waals surface area contributed by atoms with E-state index < -0.39 is 0 Å². The zero-order valence-electron chi connectivity index (χ0n) is 9.93. The maximum atomic E-state index is 4.53. The molecule has 0 spiro atoms. The molecule has 2 rings (SSSR count). The van der Waals surface area contributed by atoms with Crippen molar-refractivity contribution >= 4 is 29.0 Å². The van der Waals surface area contributed by atoms with Crippen LogP contribution in [0.25, 0.3) is 0 Å². The van der Waals surface area contributed by atoms with E-state index in [4.69, 9.17) is 0 Å². The summed E-state index contributed by atoms with van der Waals surface area (Å²) >= 11 is 3.43. The normalized spacial score (nSPS) is 10.5. The number of aromatic nitrogens is 2. The lowest BCUT2D eigenvalue weighted by Gasteiger charge is -2.06. The van der Waals surface area contributed by atoms with E-state index in [-0.39, 0.29) is 0 Å². The smallest absolute Gasteiger partial charge is 0.223 e. The molecule has 0 aliphatic heterocycles. The first-order valence-corrected chi connectivity index (χ1v) is 7.28. The van der Waals surface area contributed by atoms with Gasteiger partial charge in [-0.3, -0.25) is 0 Å². The van der Waals surface area contributed by atoms with E-state index in [9.17, 15) is 0 Å². The largest absolute Gasteiger partial charge is 0.354 e. The van der Waals surface area contributed by atoms with Crippen molar-refractivity contribution in [2.24, 2.45) is 0 Å². The molecule has 3 nitrogen and oxygen atoms in total. The van der Waals surface area contributed by atoms with Crippen molar-refractivity contribution in [3.63, 3.8) is 0 Å². The third-order valence-corrected chi connectivity index (χ3v) is 4.29. The second-order valence-corrected chi connectivity index (χ2v) is 5.88. The van der Waals surface area contributed by atoms with Crippen LogP contribution in [0.5, 0.6) is 0 Å². The molecule has 0 unspecified atom stereocenters. The topological polar surface area (TPSA) is 37.8 Å². The van der Waals surface area contributed by atoms with Crippen LogP contribution in [0.4, 0.5) is 5.95 Å². The van der Waals surface area contributed by atoms with Crippen LogP contribution in [0.1, 0.15) is 18.9 Å². The van der Waals surface area contributed by atoms with E-state index in [1.54, 1.807) is 23.1 Å². The van der Waals surface area contributed by atoms with Crippen molar-refractivity contribution in [2.45, 2.75) is 29.5 Å². The fourth-order valence-electron chi connectivity index (χ4n) is 1.27.